The minimum Gasteiger partial charge on any atom is -0.319 e. The molecule has 0 fully saturated rings. The minimum absolute atomic E-state index is 0.976. The zero-order valence-corrected chi connectivity index (χ0v) is 10.7. The maximum Gasteiger partial charge on any atom is 0.0656 e. The van der Waals surface area contributed by atoms with Gasteiger partial charge in [-0.2, -0.15) is 5.10 Å². The summed E-state index contributed by atoms with van der Waals surface area (Å²) in [6, 6.07) is 8.11. The molecule has 0 spiro atoms. The van der Waals surface area contributed by atoms with Gasteiger partial charge in [-0.3, -0.25) is 0 Å². The molecule has 0 saturated heterocycles. The summed E-state index contributed by atoms with van der Waals surface area (Å²) < 4.78 is 2.97. The van der Waals surface area contributed by atoms with Gasteiger partial charge in [-0.05, 0) is 43.8 Å². The molecule has 3 nitrogen and oxygen atoms in total. The summed E-state index contributed by atoms with van der Waals surface area (Å²) in [5.74, 6) is 0. The Morgan fingerprint density at radius 1 is 1.44 bits per heavy atom. The molecule has 0 aliphatic carbocycles. The van der Waals surface area contributed by atoms with Crippen molar-refractivity contribution in [1.29, 1.82) is 0 Å². The van der Waals surface area contributed by atoms with Crippen molar-refractivity contribution in [3.63, 3.8) is 0 Å². The van der Waals surface area contributed by atoms with Gasteiger partial charge in [-0.1, -0.05) is 22.0 Å². The number of rotatable bonds is 4. The molecule has 0 bridgehead atoms. The number of nitrogens with zero attached hydrogens (tertiary/aromatic N) is 2. The van der Waals surface area contributed by atoms with Crippen LogP contribution in [0.2, 0.25) is 0 Å². The molecule has 4 heteroatoms. The van der Waals surface area contributed by atoms with Gasteiger partial charge in [0, 0.05) is 10.7 Å². The summed E-state index contributed by atoms with van der Waals surface area (Å²) in [4.78, 5) is 0. The van der Waals surface area contributed by atoms with Gasteiger partial charge in [-0.25, -0.2) is 4.68 Å². The Morgan fingerprint density at radius 2 is 2.31 bits per heavy atom. The summed E-state index contributed by atoms with van der Waals surface area (Å²) in [7, 11) is 1.96. The molecule has 2 aromatic rings. The average Bonchev–Trinajstić information content (AvgIpc) is 2.75. The molecule has 0 aliphatic rings. The molecule has 0 amide bonds. The van der Waals surface area contributed by atoms with Crippen LogP contribution >= 0.6 is 15.9 Å². The largest absolute Gasteiger partial charge is 0.319 e. The number of likely N-dealkylation sites (N-methyl/N-ethyl adjacent to an activating group) is 1. The van der Waals surface area contributed by atoms with E-state index in [-0.39, 0.29) is 0 Å². The highest BCUT2D eigenvalue weighted by atomic mass is 79.9. The molecule has 0 radical (unpaired) electrons. The SMILES string of the molecule is CNCCc1cnn(-c2cccc(Br)c2)c1. The Hall–Kier alpha value is -1.13. The van der Waals surface area contributed by atoms with E-state index < -0.39 is 0 Å². The van der Waals surface area contributed by atoms with Gasteiger partial charge in [-0.15, -0.1) is 0 Å². The third-order valence-electron chi connectivity index (χ3n) is 2.37. The van der Waals surface area contributed by atoms with Gasteiger partial charge < -0.3 is 5.32 Å². The first-order chi connectivity index (χ1) is 7.79. The molecular weight excluding hydrogens is 266 g/mol. The van der Waals surface area contributed by atoms with E-state index in [0.717, 1.165) is 23.1 Å². The van der Waals surface area contributed by atoms with Crippen molar-refractivity contribution in [1.82, 2.24) is 15.1 Å². The standard InChI is InChI=1S/C12H14BrN3/c1-14-6-5-10-8-15-16(9-10)12-4-2-3-11(13)7-12/h2-4,7-9,14H,5-6H2,1H3. The number of nitrogens with one attached hydrogen (secondary N) is 1. The smallest absolute Gasteiger partial charge is 0.0656 e. The lowest BCUT2D eigenvalue weighted by Crippen LogP contribution is -2.09. The lowest BCUT2D eigenvalue weighted by Gasteiger charge is -2.01. The van der Waals surface area contributed by atoms with Crippen LogP contribution in [-0.2, 0) is 6.42 Å². The molecule has 2 rings (SSSR count). The van der Waals surface area contributed by atoms with E-state index in [1.54, 1.807) is 0 Å². The fourth-order valence-corrected chi connectivity index (χ4v) is 1.91. The second-order valence-corrected chi connectivity index (χ2v) is 4.54. The average molecular weight is 280 g/mol. The van der Waals surface area contributed by atoms with Crippen molar-refractivity contribution in [2.45, 2.75) is 6.42 Å². The van der Waals surface area contributed by atoms with Crippen molar-refractivity contribution in [2.75, 3.05) is 13.6 Å². The van der Waals surface area contributed by atoms with Gasteiger partial charge in [0.2, 0.25) is 0 Å². The number of halogens is 1. The molecule has 0 aliphatic heterocycles. The summed E-state index contributed by atoms with van der Waals surface area (Å²) in [5, 5.41) is 7.48. The predicted molar refractivity (Wildman–Crippen MR) is 68.9 cm³/mol. The molecule has 0 atom stereocenters. The second-order valence-electron chi connectivity index (χ2n) is 3.63. The Morgan fingerprint density at radius 3 is 3.06 bits per heavy atom. The molecule has 1 N–H and O–H groups in total. The Bertz CT molecular complexity index is 465. The Kier molecular flexibility index (Phi) is 3.74. The zero-order chi connectivity index (χ0) is 11.4. The van der Waals surface area contributed by atoms with Crippen molar-refractivity contribution in [3.05, 3.63) is 46.7 Å². The highest BCUT2D eigenvalue weighted by Gasteiger charge is 2.00. The number of benzene rings is 1. The van der Waals surface area contributed by atoms with Crippen LogP contribution in [0.3, 0.4) is 0 Å². The molecule has 0 saturated carbocycles. The van der Waals surface area contributed by atoms with Crippen LogP contribution in [0.1, 0.15) is 5.56 Å². The van der Waals surface area contributed by atoms with E-state index in [9.17, 15) is 0 Å². The van der Waals surface area contributed by atoms with Gasteiger partial charge >= 0.3 is 0 Å². The van der Waals surface area contributed by atoms with Crippen LogP contribution in [0.15, 0.2) is 41.1 Å². The summed E-state index contributed by atoms with van der Waals surface area (Å²) >= 11 is 3.46. The molecule has 1 heterocycles. The van der Waals surface area contributed by atoms with Crippen LogP contribution in [0.5, 0.6) is 0 Å². The van der Waals surface area contributed by atoms with Gasteiger partial charge in [0.05, 0.1) is 11.9 Å². The molecule has 84 valence electrons. The fourth-order valence-electron chi connectivity index (χ4n) is 1.52. The van der Waals surface area contributed by atoms with Crippen LogP contribution in [0.25, 0.3) is 5.69 Å². The first-order valence-corrected chi connectivity index (χ1v) is 6.03. The van der Waals surface area contributed by atoms with Gasteiger partial charge in [0.15, 0.2) is 0 Å². The number of aromatic nitrogens is 2. The highest BCUT2D eigenvalue weighted by Crippen LogP contribution is 2.15. The summed E-state index contributed by atoms with van der Waals surface area (Å²) in [6.45, 7) is 0.976. The maximum absolute atomic E-state index is 4.35. The second kappa shape index (κ2) is 5.27. The predicted octanol–water partition coefficient (Wildman–Crippen LogP) is 2.40. The lowest BCUT2D eigenvalue weighted by atomic mass is 10.2. The Balaban J connectivity index is 2.18. The highest BCUT2D eigenvalue weighted by molar-refractivity contribution is 9.10. The van der Waals surface area contributed by atoms with Crippen LogP contribution in [-0.4, -0.2) is 23.4 Å². The monoisotopic (exact) mass is 279 g/mol. The van der Waals surface area contributed by atoms with E-state index in [1.165, 1.54) is 5.56 Å². The Labute approximate surface area is 104 Å². The fraction of sp³-hybridized carbons (Fsp3) is 0.250. The van der Waals surface area contributed by atoms with E-state index in [2.05, 4.69) is 38.6 Å². The van der Waals surface area contributed by atoms with Crippen molar-refractivity contribution < 1.29 is 0 Å². The van der Waals surface area contributed by atoms with E-state index in [4.69, 9.17) is 0 Å². The van der Waals surface area contributed by atoms with Crippen LogP contribution in [0.4, 0.5) is 0 Å². The third-order valence-corrected chi connectivity index (χ3v) is 2.87. The lowest BCUT2D eigenvalue weighted by molar-refractivity contribution is 0.791. The number of hydrogen-bond acceptors (Lipinski definition) is 2. The van der Waals surface area contributed by atoms with Crippen molar-refractivity contribution in [2.24, 2.45) is 0 Å². The topological polar surface area (TPSA) is 29.9 Å². The van der Waals surface area contributed by atoms with E-state index in [0.29, 0.717) is 0 Å². The van der Waals surface area contributed by atoms with Crippen LogP contribution < -0.4 is 5.32 Å². The van der Waals surface area contributed by atoms with Gasteiger partial charge in [0.1, 0.15) is 0 Å². The van der Waals surface area contributed by atoms with Gasteiger partial charge in [0.25, 0.3) is 0 Å². The molecule has 16 heavy (non-hydrogen) atoms. The molecular formula is C12H14BrN3. The van der Waals surface area contributed by atoms with Crippen LogP contribution in [0, 0.1) is 0 Å². The normalized spacial score (nSPS) is 10.6. The summed E-state index contributed by atoms with van der Waals surface area (Å²) in [6.07, 6.45) is 4.99. The minimum atomic E-state index is 0.976. The molecule has 1 aromatic carbocycles. The first-order valence-electron chi connectivity index (χ1n) is 5.23. The molecule has 0 unspecified atom stereocenters. The first kappa shape index (κ1) is 11.4. The quantitative estimate of drug-likeness (QED) is 0.932. The van der Waals surface area contributed by atoms with E-state index in [1.807, 2.05) is 36.1 Å². The molecule has 1 aromatic heterocycles. The maximum atomic E-state index is 4.35. The summed E-state index contributed by atoms with van der Waals surface area (Å²) in [5.41, 5.74) is 2.32. The van der Waals surface area contributed by atoms with E-state index >= 15 is 0 Å². The van der Waals surface area contributed by atoms with Crippen molar-refractivity contribution >= 4 is 15.9 Å². The van der Waals surface area contributed by atoms with Crippen molar-refractivity contribution in [3.8, 4) is 5.69 Å². The number of hydrogen-bond donors (Lipinski definition) is 1. The third kappa shape index (κ3) is 2.71. The zero-order valence-electron chi connectivity index (χ0n) is 9.15.